The van der Waals surface area contributed by atoms with E-state index < -0.39 is 103 Å². The summed E-state index contributed by atoms with van der Waals surface area (Å²) in [7, 11) is -12.4. The second-order valence-electron chi connectivity index (χ2n) is 20.0. The van der Waals surface area contributed by atoms with E-state index in [0.717, 1.165) is 0 Å². The minimum atomic E-state index is -4.74. The molecule has 6 rings (SSSR count). The molecular formula is C47H61N3O17S3. The number of carbonyl (C=O) groups is 4. The molecule has 3 heterocycles. The van der Waals surface area contributed by atoms with Crippen molar-refractivity contribution in [2.24, 2.45) is 0 Å². The number of methoxy groups -OCH3 is 1. The second kappa shape index (κ2) is 19.5. The van der Waals surface area contributed by atoms with Crippen LogP contribution in [0.15, 0.2) is 80.9 Å². The third kappa shape index (κ3) is 11.2. The first-order chi connectivity index (χ1) is 32.2. The van der Waals surface area contributed by atoms with E-state index in [4.69, 9.17) is 14.3 Å². The molecule has 2 aromatic carbocycles. The molecule has 2 amide bonds. The number of Topliss-reactive ketones (excluding diaryl/α,β-unsaturated/α-hetero) is 1. The van der Waals surface area contributed by atoms with Gasteiger partial charge in [0.15, 0.2) is 5.78 Å². The van der Waals surface area contributed by atoms with Crippen LogP contribution in [0.3, 0.4) is 0 Å². The molecule has 0 saturated carbocycles. The number of hydrogen-bond acceptors (Lipinski definition) is 16. The molecule has 3 aliphatic heterocycles. The Labute approximate surface area is 408 Å². The molecule has 0 aromatic heterocycles. The summed E-state index contributed by atoms with van der Waals surface area (Å²) in [5.74, 6) is -3.88. The van der Waals surface area contributed by atoms with Crippen molar-refractivity contribution in [1.82, 2.24) is 5.06 Å². The van der Waals surface area contributed by atoms with E-state index in [-0.39, 0.29) is 75.9 Å². The lowest BCUT2D eigenvalue weighted by Crippen LogP contribution is -2.53. The van der Waals surface area contributed by atoms with Crippen molar-refractivity contribution < 1.29 is 77.5 Å². The molecule has 1 aliphatic carbocycles. The standard InChI is InChI=1S/C47H61N3O17S3/c1-44(2,3)66-23-19-45(4,5)49-36-15-13-30(70(62,63)64)26-34(36)46(6,18-10-24-68(56,57)58)38(49)28-32-42(54)31(43(32)55)27-37-47(7,20-22-65-8)33-25-29(69(59,60)61)12-14-35(33)48(37)21-9-11-41(53)67-50-39(51)16-17-40(50)52/h12-15,25-28,38,54H,9-11,16-24H2,1-8H3,(H,56,57,58)(H,59,60,61)(H,62,63,64)/b32-28-,37-27+. The lowest BCUT2D eigenvalue weighted by atomic mass is 9.72. The first kappa shape index (κ1) is 54.3. The van der Waals surface area contributed by atoms with Crippen LogP contribution in [0.5, 0.6) is 0 Å². The number of rotatable bonds is 20. The van der Waals surface area contributed by atoms with Gasteiger partial charge in [-0.2, -0.15) is 25.3 Å². The van der Waals surface area contributed by atoms with Crippen molar-refractivity contribution in [1.29, 1.82) is 0 Å². The van der Waals surface area contributed by atoms with Crippen LogP contribution in [0.4, 0.5) is 11.4 Å². The highest BCUT2D eigenvalue weighted by Gasteiger charge is 2.53. The van der Waals surface area contributed by atoms with Gasteiger partial charge in [0.1, 0.15) is 5.76 Å². The zero-order valence-corrected chi connectivity index (χ0v) is 42.8. The van der Waals surface area contributed by atoms with Crippen molar-refractivity contribution in [3.8, 4) is 0 Å². The summed E-state index contributed by atoms with van der Waals surface area (Å²) in [4.78, 5) is 59.6. The average molecular weight is 1040 g/mol. The lowest BCUT2D eigenvalue weighted by Gasteiger charge is -2.45. The number of aliphatic hydroxyl groups excluding tert-OH is 1. The molecule has 23 heteroatoms. The molecule has 3 atom stereocenters. The molecule has 384 valence electrons. The minimum Gasteiger partial charge on any atom is -0.506 e. The number of hydroxylamine groups is 2. The number of aliphatic hydroxyl groups is 1. The molecule has 0 radical (unpaired) electrons. The number of fused-ring (bicyclic) bond motifs is 2. The van der Waals surface area contributed by atoms with Crippen molar-refractivity contribution in [2.45, 2.75) is 138 Å². The van der Waals surface area contributed by atoms with E-state index in [9.17, 15) is 63.2 Å². The predicted octanol–water partition coefficient (Wildman–Crippen LogP) is 5.69. The van der Waals surface area contributed by atoms with Gasteiger partial charge in [0, 0.05) is 79.6 Å². The van der Waals surface area contributed by atoms with Gasteiger partial charge in [-0.15, -0.1) is 5.06 Å². The Bertz CT molecular complexity index is 2900. The number of imide groups is 1. The van der Waals surface area contributed by atoms with Crippen molar-refractivity contribution >= 4 is 65.3 Å². The number of ether oxygens (including phenoxy) is 2. The molecule has 1 fully saturated rings. The van der Waals surface area contributed by atoms with E-state index in [1.807, 2.05) is 39.5 Å². The Morgan fingerprint density at radius 1 is 0.829 bits per heavy atom. The summed E-state index contributed by atoms with van der Waals surface area (Å²) < 4.78 is 115. The molecule has 0 spiro atoms. The van der Waals surface area contributed by atoms with Crippen LogP contribution in [-0.2, 0) is 74.7 Å². The maximum absolute atomic E-state index is 14.6. The van der Waals surface area contributed by atoms with Gasteiger partial charge >= 0.3 is 5.97 Å². The highest BCUT2D eigenvalue weighted by atomic mass is 32.2. The molecule has 20 nitrogen and oxygen atoms in total. The van der Waals surface area contributed by atoms with Gasteiger partial charge in [0.25, 0.3) is 42.2 Å². The van der Waals surface area contributed by atoms with Crippen LogP contribution in [-0.4, -0.2) is 122 Å². The van der Waals surface area contributed by atoms with Crippen molar-refractivity contribution in [3.05, 3.63) is 82.3 Å². The average Bonchev–Trinajstić information content (AvgIpc) is 3.78. The number of carbonyl (C=O) groups excluding carboxylic acids is 4. The van der Waals surface area contributed by atoms with Crippen LogP contribution < -0.4 is 9.80 Å². The van der Waals surface area contributed by atoms with E-state index >= 15 is 0 Å². The number of ketones is 1. The topological polar surface area (TPSA) is 289 Å². The Kier molecular flexibility index (Phi) is 15.2. The maximum atomic E-state index is 14.6. The normalized spacial score (nSPS) is 23.2. The highest BCUT2D eigenvalue weighted by molar-refractivity contribution is 7.86. The van der Waals surface area contributed by atoms with Gasteiger partial charge in [0.05, 0.1) is 38.3 Å². The summed E-state index contributed by atoms with van der Waals surface area (Å²) in [6.07, 6.45) is 3.06. The minimum absolute atomic E-state index is 0.0125. The SMILES string of the molecule is COCCC1(C)/C(=C\C2=C(O)C(=C/C3N(C(C)(C)CCOC(C)(C)C)c4ccc(S(=O)(=O)O)cc4C3(C)CCCS(=O)(=O)O)/C2=O)N(CCCC(=O)ON2C(=O)CCC2=O)c2ccc(S(=O)(=O)O)cc21. The Hall–Kier alpha value is -5.01. The molecule has 4 N–H and O–H groups in total. The second-order valence-corrected chi connectivity index (χ2v) is 24.4. The van der Waals surface area contributed by atoms with Gasteiger partial charge < -0.3 is 29.2 Å². The van der Waals surface area contributed by atoms with E-state index in [1.165, 1.54) is 55.7 Å². The fourth-order valence-corrected chi connectivity index (χ4v) is 11.2. The van der Waals surface area contributed by atoms with Crippen LogP contribution in [0, 0.1) is 0 Å². The van der Waals surface area contributed by atoms with Gasteiger partial charge in [-0.25, -0.2) is 4.79 Å². The summed E-state index contributed by atoms with van der Waals surface area (Å²) >= 11 is 0. The number of allylic oxidation sites excluding steroid dienone is 4. The van der Waals surface area contributed by atoms with Gasteiger partial charge in [-0.3, -0.25) is 28.0 Å². The molecule has 2 aromatic rings. The number of anilines is 2. The van der Waals surface area contributed by atoms with Crippen LogP contribution in [0.25, 0.3) is 0 Å². The first-order valence-electron chi connectivity index (χ1n) is 22.6. The monoisotopic (exact) mass is 1040 g/mol. The molecule has 0 bridgehead atoms. The number of benzene rings is 2. The number of hydrogen-bond donors (Lipinski definition) is 4. The quantitative estimate of drug-likeness (QED) is 0.0704. The number of amides is 2. The van der Waals surface area contributed by atoms with Gasteiger partial charge in [-0.05, 0) is 133 Å². The zero-order chi connectivity index (χ0) is 52.2. The maximum Gasteiger partial charge on any atom is 0.333 e. The molecule has 3 unspecified atom stereocenters. The fraction of sp³-hybridized carbons (Fsp3) is 0.532. The summed E-state index contributed by atoms with van der Waals surface area (Å²) in [6, 6.07) is 7.10. The van der Waals surface area contributed by atoms with Gasteiger partial charge in [-0.1, -0.05) is 6.92 Å². The van der Waals surface area contributed by atoms with Crippen LogP contribution >= 0.6 is 0 Å². The van der Waals surface area contributed by atoms with E-state index in [2.05, 4.69) is 0 Å². The predicted molar refractivity (Wildman–Crippen MR) is 255 cm³/mol. The summed E-state index contributed by atoms with van der Waals surface area (Å²) in [6.45, 7) is 13.4. The van der Waals surface area contributed by atoms with Crippen molar-refractivity contribution in [3.63, 3.8) is 0 Å². The van der Waals surface area contributed by atoms with Crippen LogP contribution in [0.1, 0.15) is 111 Å². The highest BCUT2D eigenvalue weighted by Crippen LogP contribution is 2.55. The largest absolute Gasteiger partial charge is 0.506 e. The molecule has 4 aliphatic rings. The van der Waals surface area contributed by atoms with Gasteiger partial charge in [0.2, 0.25) is 0 Å². The first-order valence-corrected chi connectivity index (χ1v) is 27.1. The summed E-state index contributed by atoms with van der Waals surface area (Å²) in [5.41, 5.74) is -1.89. The molecule has 1 saturated heterocycles. The summed E-state index contributed by atoms with van der Waals surface area (Å²) in [5, 5.41) is 12.5. The smallest absolute Gasteiger partial charge is 0.333 e. The Balaban J connectivity index is 1.48. The third-order valence-corrected chi connectivity index (χ3v) is 16.0. The molecular weight excluding hydrogens is 975 g/mol. The fourth-order valence-electron chi connectivity index (χ4n) is 9.71. The zero-order valence-electron chi connectivity index (χ0n) is 40.3. The number of nitrogens with zero attached hydrogens (tertiary/aromatic N) is 3. The van der Waals surface area contributed by atoms with E-state index in [1.54, 1.807) is 18.7 Å². The van der Waals surface area contributed by atoms with Crippen molar-refractivity contribution in [2.75, 3.05) is 42.4 Å². The Morgan fingerprint density at radius 2 is 1.41 bits per heavy atom. The lowest BCUT2D eigenvalue weighted by molar-refractivity contribution is -0.197. The van der Waals surface area contributed by atoms with E-state index in [0.29, 0.717) is 39.7 Å². The Morgan fingerprint density at radius 3 is 1.96 bits per heavy atom. The van der Waals surface area contributed by atoms with Crippen LogP contribution in [0.2, 0.25) is 0 Å². The molecule has 70 heavy (non-hydrogen) atoms. The third-order valence-electron chi connectivity index (χ3n) is 13.5.